The van der Waals surface area contributed by atoms with Crippen LogP contribution < -0.4 is 10.3 Å². The van der Waals surface area contributed by atoms with E-state index in [1.807, 2.05) is 18.2 Å². The van der Waals surface area contributed by atoms with Gasteiger partial charge in [0.15, 0.2) is 0 Å². The monoisotopic (exact) mass is 379 g/mol. The maximum Gasteiger partial charge on any atom is 0.263 e. The van der Waals surface area contributed by atoms with Crippen LogP contribution in [-0.4, -0.2) is 27.3 Å². The lowest BCUT2D eigenvalue weighted by molar-refractivity contribution is 0.0732. The standard InChI is InChI=1S/C21H18FN3O3/c22-16-5-7-17(8-6-16)28-13-19-23-11-18(20(26)24-19)21(27)25-10-9-14-3-1-2-4-15(14)12-25/h1-8,11H,9-10,12-13H2,(H,23,24,26). The van der Waals surface area contributed by atoms with Crippen molar-refractivity contribution in [2.24, 2.45) is 0 Å². The Balaban J connectivity index is 1.45. The van der Waals surface area contributed by atoms with Gasteiger partial charge in [-0.25, -0.2) is 9.37 Å². The summed E-state index contributed by atoms with van der Waals surface area (Å²) in [7, 11) is 0. The van der Waals surface area contributed by atoms with Gasteiger partial charge in [-0.15, -0.1) is 0 Å². The summed E-state index contributed by atoms with van der Waals surface area (Å²) in [4.78, 5) is 33.5. The van der Waals surface area contributed by atoms with Gasteiger partial charge in [0.2, 0.25) is 0 Å². The minimum atomic E-state index is -0.503. The fraction of sp³-hybridized carbons (Fsp3) is 0.190. The number of aromatic nitrogens is 2. The van der Waals surface area contributed by atoms with E-state index in [2.05, 4.69) is 16.0 Å². The summed E-state index contributed by atoms with van der Waals surface area (Å²) in [5.74, 6) is 0.0439. The van der Waals surface area contributed by atoms with Gasteiger partial charge >= 0.3 is 0 Å². The van der Waals surface area contributed by atoms with E-state index in [9.17, 15) is 14.0 Å². The second-order valence-corrected chi connectivity index (χ2v) is 6.56. The molecule has 0 atom stereocenters. The van der Waals surface area contributed by atoms with Crippen LogP contribution in [0, 0.1) is 5.82 Å². The van der Waals surface area contributed by atoms with Crippen molar-refractivity contribution in [1.29, 1.82) is 0 Å². The molecule has 0 aliphatic carbocycles. The lowest BCUT2D eigenvalue weighted by Gasteiger charge is -2.28. The topological polar surface area (TPSA) is 75.3 Å². The number of hydrogen-bond donors (Lipinski definition) is 1. The van der Waals surface area contributed by atoms with Crippen LogP contribution >= 0.6 is 0 Å². The number of aromatic amines is 1. The number of ether oxygens (including phenoxy) is 1. The molecule has 4 rings (SSSR count). The van der Waals surface area contributed by atoms with Gasteiger partial charge in [-0.1, -0.05) is 24.3 Å². The number of H-pyrrole nitrogens is 1. The molecule has 0 saturated carbocycles. The van der Waals surface area contributed by atoms with E-state index in [1.54, 1.807) is 4.90 Å². The van der Waals surface area contributed by atoms with Crippen molar-refractivity contribution >= 4 is 5.91 Å². The first-order valence-electron chi connectivity index (χ1n) is 8.93. The lowest BCUT2D eigenvalue weighted by atomic mass is 9.99. The van der Waals surface area contributed by atoms with Crippen molar-refractivity contribution in [3.63, 3.8) is 0 Å². The fourth-order valence-corrected chi connectivity index (χ4v) is 3.18. The van der Waals surface area contributed by atoms with Crippen LogP contribution in [0.3, 0.4) is 0 Å². The molecule has 28 heavy (non-hydrogen) atoms. The Hall–Kier alpha value is -3.48. The van der Waals surface area contributed by atoms with Gasteiger partial charge < -0.3 is 14.6 Å². The van der Waals surface area contributed by atoms with Crippen LogP contribution in [0.2, 0.25) is 0 Å². The predicted molar refractivity (Wildman–Crippen MR) is 100 cm³/mol. The molecule has 1 aliphatic rings. The molecular formula is C21H18FN3O3. The van der Waals surface area contributed by atoms with E-state index < -0.39 is 5.56 Å². The molecular weight excluding hydrogens is 361 g/mol. The molecule has 1 N–H and O–H groups in total. The molecule has 1 aromatic heterocycles. The van der Waals surface area contributed by atoms with Crippen LogP contribution in [0.4, 0.5) is 4.39 Å². The molecule has 0 saturated heterocycles. The van der Waals surface area contributed by atoms with Crippen LogP contribution in [0.25, 0.3) is 0 Å². The zero-order chi connectivity index (χ0) is 19.5. The number of fused-ring (bicyclic) bond motifs is 1. The predicted octanol–water partition coefficient (Wildman–Crippen LogP) is 2.69. The van der Waals surface area contributed by atoms with Gasteiger partial charge in [-0.2, -0.15) is 0 Å². The van der Waals surface area contributed by atoms with Crippen molar-refractivity contribution in [2.75, 3.05) is 6.54 Å². The van der Waals surface area contributed by atoms with Crippen LogP contribution in [-0.2, 0) is 19.6 Å². The maximum atomic E-state index is 12.9. The highest BCUT2D eigenvalue weighted by atomic mass is 19.1. The highest BCUT2D eigenvalue weighted by molar-refractivity contribution is 5.93. The number of halogens is 1. The molecule has 7 heteroatoms. The first kappa shape index (κ1) is 17.9. The van der Waals surface area contributed by atoms with E-state index >= 15 is 0 Å². The second kappa shape index (κ2) is 7.64. The number of amides is 1. The average Bonchev–Trinajstić information content (AvgIpc) is 2.72. The molecule has 2 heterocycles. The van der Waals surface area contributed by atoms with Gasteiger partial charge in [-0.3, -0.25) is 9.59 Å². The Bertz CT molecular complexity index is 1060. The SMILES string of the molecule is O=C(c1cnc(COc2ccc(F)cc2)[nH]c1=O)N1CCc2ccccc2C1. The molecule has 0 bridgehead atoms. The Morgan fingerprint density at radius 2 is 1.89 bits per heavy atom. The van der Waals surface area contributed by atoms with Crippen molar-refractivity contribution in [3.05, 3.63) is 93.4 Å². The summed E-state index contributed by atoms with van der Waals surface area (Å²) >= 11 is 0. The Morgan fingerprint density at radius 3 is 2.64 bits per heavy atom. The number of hydrogen-bond acceptors (Lipinski definition) is 4. The zero-order valence-corrected chi connectivity index (χ0v) is 15.0. The third kappa shape index (κ3) is 3.78. The minimum absolute atomic E-state index is 0.00455. The van der Waals surface area contributed by atoms with Crippen molar-refractivity contribution < 1.29 is 13.9 Å². The molecule has 3 aromatic rings. The van der Waals surface area contributed by atoms with Crippen molar-refractivity contribution in [1.82, 2.24) is 14.9 Å². The molecule has 1 aliphatic heterocycles. The Morgan fingerprint density at radius 1 is 1.14 bits per heavy atom. The van der Waals surface area contributed by atoms with Gasteiger partial charge in [0.1, 0.15) is 29.6 Å². The van der Waals surface area contributed by atoms with Crippen molar-refractivity contribution in [2.45, 2.75) is 19.6 Å². The smallest absolute Gasteiger partial charge is 0.263 e. The summed E-state index contributed by atoms with van der Waals surface area (Å²) in [6.45, 7) is 1.04. The maximum absolute atomic E-state index is 12.9. The summed E-state index contributed by atoms with van der Waals surface area (Å²) in [6.07, 6.45) is 2.04. The van der Waals surface area contributed by atoms with E-state index in [0.29, 0.717) is 18.8 Å². The Kier molecular flexibility index (Phi) is 4.89. The molecule has 0 fully saturated rings. The van der Waals surface area contributed by atoms with Gasteiger partial charge in [-0.05, 0) is 41.8 Å². The van der Waals surface area contributed by atoms with E-state index in [0.717, 1.165) is 12.0 Å². The quantitative estimate of drug-likeness (QED) is 0.756. The highest BCUT2D eigenvalue weighted by Crippen LogP contribution is 2.19. The van der Waals surface area contributed by atoms with Gasteiger partial charge in [0, 0.05) is 19.3 Å². The molecule has 0 unspecified atom stereocenters. The Labute approximate surface area is 160 Å². The summed E-state index contributed by atoms with van der Waals surface area (Å²) in [6, 6.07) is 13.5. The normalized spacial score (nSPS) is 13.1. The third-order valence-electron chi connectivity index (χ3n) is 4.69. The minimum Gasteiger partial charge on any atom is -0.486 e. The average molecular weight is 379 g/mol. The molecule has 0 radical (unpaired) electrons. The summed E-state index contributed by atoms with van der Waals surface area (Å²) < 4.78 is 18.4. The molecule has 2 aromatic carbocycles. The number of benzene rings is 2. The molecule has 0 spiro atoms. The molecule has 1 amide bonds. The van der Waals surface area contributed by atoms with Gasteiger partial charge in [0.25, 0.3) is 11.5 Å². The number of nitrogens with zero attached hydrogens (tertiary/aromatic N) is 2. The van der Waals surface area contributed by atoms with Gasteiger partial charge in [0.05, 0.1) is 0 Å². The van der Waals surface area contributed by atoms with Crippen LogP contribution in [0.5, 0.6) is 5.75 Å². The third-order valence-corrected chi connectivity index (χ3v) is 4.69. The summed E-state index contributed by atoms with van der Waals surface area (Å²) in [5, 5.41) is 0. The zero-order valence-electron chi connectivity index (χ0n) is 15.0. The number of carbonyl (C=O) groups excluding carboxylic acids is 1. The first-order chi connectivity index (χ1) is 13.6. The van der Waals surface area contributed by atoms with E-state index in [-0.39, 0.29) is 29.7 Å². The van der Waals surface area contributed by atoms with E-state index in [1.165, 1.54) is 36.0 Å². The largest absolute Gasteiger partial charge is 0.486 e. The second-order valence-electron chi connectivity index (χ2n) is 6.56. The lowest BCUT2D eigenvalue weighted by Crippen LogP contribution is -2.38. The molecule has 6 nitrogen and oxygen atoms in total. The van der Waals surface area contributed by atoms with Crippen LogP contribution in [0.15, 0.2) is 59.5 Å². The highest BCUT2D eigenvalue weighted by Gasteiger charge is 2.23. The van der Waals surface area contributed by atoms with E-state index in [4.69, 9.17) is 4.74 Å². The fourth-order valence-electron chi connectivity index (χ4n) is 3.18. The number of carbonyl (C=O) groups is 1. The van der Waals surface area contributed by atoms with Crippen LogP contribution in [0.1, 0.15) is 27.3 Å². The summed E-state index contributed by atoms with van der Waals surface area (Å²) in [5.41, 5.74) is 1.82. The first-order valence-corrected chi connectivity index (χ1v) is 8.93. The van der Waals surface area contributed by atoms with Crippen molar-refractivity contribution in [3.8, 4) is 5.75 Å². The molecule has 142 valence electrons. The number of rotatable bonds is 4. The number of nitrogens with one attached hydrogen (secondary N) is 1.